The number of piperidine rings is 1. The highest BCUT2D eigenvalue weighted by Crippen LogP contribution is 2.33. The van der Waals surface area contributed by atoms with Gasteiger partial charge < -0.3 is 19.5 Å². The summed E-state index contributed by atoms with van der Waals surface area (Å²) >= 11 is 0. The van der Waals surface area contributed by atoms with E-state index in [0.29, 0.717) is 50.3 Å². The molecule has 4 heterocycles. The van der Waals surface area contributed by atoms with Crippen LogP contribution in [0.4, 0.5) is 0 Å². The number of rotatable bonds is 1. The molecule has 5 rings (SSSR count). The molecule has 1 aromatic carbocycles. The number of aromatic nitrogens is 3. The van der Waals surface area contributed by atoms with Gasteiger partial charge in [0.2, 0.25) is 5.91 Å². The minimum absolute atomic E-state index is 0.0203. The van der Waals surface area contributed by atoms with Crippen molar-refractivity contribution >= 4 is 11.8 Å². The highest BCUT2D eigenvalue weighted by Gasteiger charge is 2.42. The topological polar surface area (TPSA) is 89.4 Å². The highest BCUT2D eigenvalue weighted by molar-refractivity contribution is 5.97. The number of likely N-dealkylation sites (tertiary alicyclic amines) is 1. The zero-order valence-electron chi connectivity index (χ0n) is 15.6. The van der Waals surface area contributed by atoms with Gasteiger partial charge in [-0.05, 0) is 18.6 Å². The van der Waals surface area contributed by atoms with E-state index in [1.807, 2.05) is 27.7 Å². The van der Waals surface area contributed by atoms with Crippen LogP contribution >= 0.6 is 0 Å². The lowest BCUT2D eigenvalue weighted by Gasteiger charge is -2.42. The first-order chi connectivity index (χ1) is 13.6. The molecule has 1 fully saturated rings. The van der Waals surface area contributed by atoms with Crippen molar-refractivity contribution in [1.29, 1.82) is 0 Å². The largest absolute Gasteiger partial charge is 0.484 e. The maximum absolute atomic E-state index is 13.0. The molecular weight excluding hydrogens is 358 g/mol. The van der Waals surface area contributed by atoms with Crippen LogP contribution in [0.3, 0.4) is 0 Å². The monoisotopic (exact) mass is 381 g/mol. The van der Waals surface area contributed by atoms with Crippen LogP contribution in [-0.4, -0.2) is 56.7 Å². The van der Waals surface area contributed by atoms with Gasteiger partial charge in [-0.3, -0.25) is 9.59 Å². The van der Waals surface area contributed by atoms with Crippen LogP contribution in [0.15, 0.2) is 30.6 Å². The molecule has 1 aromatic heterocycles. The van der Waals surface area contributed by atoms with Gasteiger partial charge in [-0.25, -0.2) is 0 Å². The number of nitrogens with one attached hydrogen (secondary N) is 1. The summed E-state index contributed by atoms with van der Waals surface area (Å²) in [4.78, 5) is 27.3. The minimum Gasteiger partial charge on any atom is -0.484 e. The number of ether oxygens (including phenoxy) is 1. The number of nitrogens with zero attached hydrogens (tertiary/aromatic N) is 4. The van der Waals surface area contributed by atoms with Crippen LogP contribution in [0.25, 0.3) is 0 Å². The lowest BCUT2D eigenvalue weighted by molar-refractivity contribution is -0.140. The zero-order chi connectivity index (χ0) is 19.1. The van der Waals surface area contributed by atoms with Gasteiger partial charge >= 0.3 is 0 Å². The first-order valence-corrected chi connectivity index (χ1v) is 9.85. The number of para-hydroxylation sites is 1. The number of aryl methyl sites for hydroxylation is 1. The quantitative estimate of drug-likeness (QED) is 0.797. The molecule has 8 nitrogen and oxygen atoms in total. The van der Waals surface area contributed by atoms with Crippen molar-refractivity contribution in [2.24, 2.45) is 5.92 Å². The predicted octanol–water partition coefficient (Wildman–Crippen LogP) is 1.02. The van der Waals surface area contributed by atoms with E-state index in [9.17, 15) is 9.59 Å². The van der Waals surface area contributed by atoms with E-state index < -0.39 is 5.60 Å². The summed E-state index contributed by atoms with van der Waals surface area (Å²) in [6, 6.07) is 7.35. The molecule has 28 heavy (non-hydrogen) atoms. The SMILES string of the molecule is O=C1NCC2(CCN(C(=O)C3CCc4nncn4C3)CC2)Oc2ccccc21. The second kappa shape index (κ2) is 6.61. The molecule has 0 aliphatic carbocycles. The Morgan fingerprint density at radius 3 is 2.93 bits per heavy atom. The number of hydrogen-bond acceptors (Lipinski definition) is 5. The van der Waals surface area contributed by atoms with Crippen molar-refractivity contribution in [1.82, 2.24) is 25.0 Å². The second-order valence-electron chi connectivity index (χ2n) is 7.92. The van der Waals surface area contributed by atoms with Crippen molar-refractivity contribution < 1.29 is 14.3 Å². The molecule has 0 bridgehead atoms. The van der Waals surface area contributed by atoms with Gasteiger partial charge in [0, 0.05) is 38.9 Å². The lowest BCUT2D eigenvalue weighted by atomic mass is 9.89. The maximum atomic E-state index is 13.0. The van der Waals surface area contributed by atoms with Gasteiger partial charge in [-0.15, -0.1) is 10.2 Å². The molecule has 1 saturated heterocycles. The van der Waals surface area contributed by atoms with Gasteiger partial charge in [-0.1, -0.05) is 12.1 Å². The summed E-state index contributed by atoms with van der Waals surface area (Å²) in [6.07, 6.45) is 4.73. The molecule has 146 valence electrons. The molecule has 3 aliphatic rings. The second-order valence-corrected chi connectivity index (χ2v) is 7.92. The van der Waals surface area contributed by atoms with E-state index in [1.165, 1.54) is 0 Å². The van der Waals surface area contributed by atoms with E-state index in [1.54, 1.807) is 12.4 Å². The van der Waals surface area contributed by atoms with Gasteiger partial charge in [0.1, 0.15) is 23.5 Å². The van der Waals surface area contributed by atoms with E-state index in [2.05, 4.69) is 15.5 Å². The average Bonchev–Trinajstić information content (AvgIpc) is 3.15. The number of fused-ring (bicyclic) bond motifs is 2. The average molecular weight is 381 g/mol. The van der Waals surface area contributed by atoms with E-state index in [0.717, 1.165) is 18.7 Å². The summed E-state index contributed by atoms with van der Waals surface area (Å²) in [6.45, 7) is 2.41. The van der Waals surface area contributed by atoms with E-state index in [4.69, 9.17) is 4.74 Å². The molecule has 0 saturated carbocycles. The Balaban J connectivity index is 1.26. The fourth-order valence-electron chi connectivity index (χ4n) is 4.48. The summed E-state index contributed by atoms with van der Waals surface area (Å²) in [5.74, 6) is 1.67. The normalized spacial score (nSPS) is 23.2. The first-order valence-electron chi connectivity index (χ1n) is 9.85. The number of carbonyl (C=O) groups excluding carboxylic acids is 2. The predicted molar refractivity (Wildman–Crippen MR) is 99.8 cm³/mol. The Hall–Kier alpha value is -2.90. The highest BCUT2D eigenvalue weighted by atomic mass is 16.5. The van der Waals surface area contributed by atoms with Crippen LogP contribution in [0.5, 0.6) is 5.75 Å². The molecule has 2 aromatic rings. The standard InChI is InChI=1S/C20H23N5O3/c26-18-15-3-1-2-4-16(15)28-20(12-21-18)7-9-24(10-8-20)19(27)14-5-6-17-23-22-13-25(17)11-14/h1-4,13-14H,5-12H2,(H,21,26). The molecule has 1 spiro atoms. The molecule has 2 amide bonds. The van der Waals surface area contributed by atoms with Crippen LogP contribution < -0.4 is 10.1 Å². The minimum atomic E-state index is -0.451. The Kier molecular flexibility index (Phi) is 4.07. The fraction of sp³-hybridized carbons (Fsp3) is 0.500. The van der Waals surface area contributed by atoms with E-state index in [-0.39, 0.29) is 17.7 Å². The van der Waals surface area contributed by atoms with Crippen LogP contribution in [-0.2, 0) is 17.8 Å². The molecule has 1 unspecified atom stereocenters. The summed E-state index contributed by atoms with van der Waals surface area (Å²) < 4.78 is 8.31. The molecular formula is C20H23N5O3. The van der Waals surface area contributed by atoms with Crippen LogP contribution in [0, 0.1) is 5.92 Å². The zero-order valence-corrected chi connectivity index (χ0v) is 15.6. The third-order valence-corrected chi connectivity index (χ3v) is 6.19. The smallest absolute Gasteiger partial charge is 0.255 e. The molecule has 3 aliphatic heterocycles. The van der Waals surface area contributed by atoms with Crippen molar-refractivity contribution in [2.75, 3.05) is 19.6 Å². The Morgan fingerprint density at radius 2 is 2.07 bits per heavy atom. The molecule has 1 N–H and O–H groups in total. The fourth-order valence-corrected chi connectivity index (χ4v) is 4.48. The van der Waals surface area contributed by atoms with Gasteiger partial charge in [0.05, 0.1) is 18.0 Å². The molecule has 1 atom stereocenters. The number of carbonyl (C=O) groups is 2. The molecule has 8 heteroatoms. The van der Waals surface area contributed by atoms with E-state index >= 15 is 0 Å². The van der Waals surface area contributed by atoms with Crippen molar-refractivity contribution in [3.8, 4) is 5.75 Å². The Labute approximate surface area is 162 Å². The van der Waals surface area contributed by atoms with Gasteiger partial charge in [0.25, 0.3) is 5.91 Å². The maximum Gasteiger partial charge on any atom is 0.255 e. The van der Waals surface area contributed by atoms with Gasteiger partial charge in [-0.2, -0.15) is 0 Å². The van der Waals surface area contributed by atoms with Crippen LogP contribution in [0.2, 0.25) is 0 Å². The van der Waals surface area contributed by atoms with Crippen molar-refractivity contribution in [3.05, 3.63) is 42.0 Å². The molecule has 0 radical (unpaired) electrons. The first kappa shape index (κ1) is 17.2. The number of hydrogen-bond donors (Lipinski definition) is 1. The Morgan fingerprint density at radius 1 is 1.25 bits per heavy atom. The third kappa shape index (κ3) is 2.93. The summed E-state index contributed by atoms with van der Waals surface area (Å²) in [5.41, 5.74) is 0.123. The van der Waals surface area contributed by atoms with Gasteiger partial charge in [0.15, 0.2) is 0 Å². The van der Waals surface area contributed by atoms with Crippen molar-refractivity contribution in [3.63, 3.8) is 0 Å². The summed E-state index contributed by atoms with van der Waals surface area (Å²) in [7, 11) is 0. The number of amides is 2. The lowest BCUT2D eigenvalue weighted by Crippen LogP contribution is -2.55. The number of benzene rings is 1. The third-order valence-electron chi connectivity index (χ3n) is 6.19. The van der Waals surface area contributed by atoms with Crippen LogP contribution in [0.1, 0.15) is 35.4 Å². The summed E-state index contributed by atoms with van der Waals surface area (Å²) in [5, 5.41) is 11.0. The Bertz CT molecular complexity index is 916. The van der Waals surface area contributed by atoms with Crippen molar-refractivity contribution in [2.45, 2.75) is 37.8 Å².